The summed E-state index contributed by atoms with van der Waals surface area (Å²) in [7, 11) is -3.16. The van der Waals surface area contributed by atoms with E-state index in [4.69, 9.17) is 4.42 Å². The minimum Gasteiger partial charge on any atom is -0.414 e. The van der Waals surface area contributed by atoms with E-state index < -0.39 is 15.1 Å². The predicted molar refractivity (Wildman–Crippen MR) is 45.3 cm³/mol. The largest absolute Gasteiger partial charge is 0.414 e. The standard InChI is InChI=1S/C5H7BrN2O3S/c1-3(12(2,9)10)4-7-8-5(6)11-4/h3H,1-2H3. The highest BCUT2D eigenvalue weighted by atomic mass is 79.9. The van der Waals surface area contributed by atoms with Gasteiger partial charge in [-0.25, -0.2) is 8.42 Å². The predicted octanol–water partition coefficient (Wildman–Crippen LogP) is 0.938. The van der Waals surface area contributed by atoms with Crippen LogP contribution in [-0.4, -0.2) is 24.9 Å². The second kappa shape index (κ2) is 3.14. The zero-order valence-corrected chi connectivity index (χ0v) is 8.89. The van der Waals surface area contributed by atoms with Gasteiger partial charge in [0.1, 0.15) is 5.25 Å². The fourth-order valence-corrected chi connectivity index (χ4v) is 1.27. The Balaban J connectivity index is 3.01. The van der Waals surface area contributed by atoms with Crippen LogP contribution in [0.4, 0.5) is 0 Å². The fourth-order valence-electron chi connectivity index (χ4n) is 0.563. The normalized spacial score (nSPS) is 14.6. The summed E-state index contributed by atoms with van der Waals surface area (Å²) in [5, 5.41) is 6.27. The summed E-state index contributed by atoms with van der Waals surface area (Å²) in [5.74, 6) is 0.101. The first-order chi connectivity index (χ1) is 5.41. The van der Waals surface area contributed by atoms with Crippen LogP contribution in [0, 0.1) is 0 Å². The van der Waals surface area contributed by atoms with Gasteiger partial charge in [-0.3, -0.25) is 0 Å². The molecule has 1 heterocycles. The summed E-state index contributed by atoms with van der Waals surface area (Å²) in [4.78, 5) is 0.188. The van der Waals surface area contributed by atoms with Gasteiger partial charge in [0.15, 0.2) is 9.84 Å². The van der Waals surface area contributed by atoms with Gasteiger partial charge >= 0.3 is 0 Å². The molecule has 0 fully saturated rings. The molecule has 7 heteroatoms. The maximum atomic E-state index is 11.0. The third-order valence-corrected chi connectivity index (χ3v) is 3.21. The van der Waals surface area contributed by atoms with Crippen molar-refractivity contribution in [2.45, 2.75) is 12.2 Å². The first-order valence-corrected chi connectivity index (χ1v) is 5.84. The monoisotopic (exact) mass is 254 g/mol. The van der Waals surface area contributed by atoms with E-state index in [2.05, 4.69) is 26.1 Å². The number of aromatic nitrogens is 2. The van der Waals surface area contributed by atoms with Gasteiger partial charge in [-0.1, -0.05) is 0 Å². The molecule has 1 atom stereocenters. The molecule has 0 aromatic carbocycles. The van der Waals surface area contributed by atoms with Crippen LogP contribution in [0.1, 0.15) is 18.1 Å². The van der Waals surface area contributed by atoms with Crippen LogP contribution >= 0.6 is 15.9 Å². The van der Waals surface area contributed by atoms with Crippen molar-refractivity contribution in [1.82, 2.24) is 10.2 Å². The minimum absolute atomic E-state index is 0.101. The van der Waals surface area contributed by atoms with Crippen LogP contribution in [0.15, 0.2) is 9.22 Å². The summed E-state index contributed by atoms with van der Waals surface area (Å²) >= 11 is 2.93. The zero-order valence-electron chi connectivity index (χ0n) is 6.48. The summed E-state index contributed by atoms with van der Waals surface area (Å²) in [6, 6.07) is 0. The van der Waals surface area contributed by atoms with Crippen LogP contribution in [0.25, 0.3) is 0 Å². The molecule has 1 rings (SSSR count). The number of nitrogens with zero attached hydrogens (tertiary/aromatic N) is 2. The van der Waals surface area contributed by atoms with E-state index >= 15 is 0 Å². The lowest BCUT2D eigenvalue weighted by Crippen LogP contribution is -2.07. The Kier molecular flexibility index (Phi) is 2.52. The van der Waals surface area contributed by atoms with Gasteiger partial charge in [-0.2, -0.15) is 0 Å². The first kappa shape index (κ1) is 9.66. The summed E-state index contributed by atoms with van der Waals surface area (Å²) < 4.78 is 26.9. The lowest BCUT2D eigenvalue weighted by atomic mass is 10.5. The van der Waals surface area contributed by atoms with Crippen LogP contribution in [0.5, 0.6) is 0 Å². The number of hydrogen-bond donors (Lipinski definition) is 0. The van der Waals surface area contributed by atoms with Crippen molar-refractivity contribution >= 4 is 25.8 Å². The van der Waals surface area contributed by atoms with E-state index in [0.29, 0.717) is 0 Å². The summed E-state index contributed by atoms with van der Waals surface area (Å²) in [5.41, 5.74) is 0. The Morgan fingerprint density at radius 3 is 2.42 bits per heavy atom. The van der Waals surface area contributed by atoms with Crippen molar-refractivity contribution in [1.29, 1.82) is 0 Å². The molecule has 0 aliphatic heterocycles. The van der Waals surface area contributed by atoms with Gasteiger partial charge in [0, 0.05) is 22.2 Å². The lowest BCUT2D eigenvalue weighted by molar-refractivity contribution is 0.466. The molecule has 1 aromatic rings. The van der Waals surface area contributed by atoms with E-state index in [-0.39, 0.29) is 10.7 Å². The number of rotatable bonds is 2. The Hall–Kier alpha value is -0.430. The highest BCUT2D eigenvalue weighted by Gasteiger charge is 2.22. The van der Waals surface area contributed by atoms with E-state index in [1.807, 2.05) is 0 Å². The highest BCUT2D eigenvalue weighted by Crippen LogP contribution is 2.20. The molecule has 68 valence electrons. The maximum Gasteiger partial charge on any atom is 0.284 e. The Morgan fingerprint density at radius 2 is 2.08 bits per heavy atom. The molecule has 0 amide bonds. The molecular weight excluding hydrogens is 248 g/mol. The third-order valence-electron chi connectivity index (χ3n) is 1.41. The smallest absolute Gasteiger partial charge is 0.284 e. The Morgan fingerprint density at radius 1 is 1.50 bits per heavy atom. The summed E-state index contributed by atoms with van der Waals surface area (Å²) in [6.45, 7) is 1.50. The quantitative estimate of drug-likeness (QED) is 0.786. The Bertz CT molecular complexity index is 372. The molecule has 0 bridgehead atoms. The van der Waals surface area contributed by atoms with Crippen molar-refractivity contribution in [3.05, 3.63) is 10.7 Å². The van der Waals surface area contributed by atoms with Gasteiger partial charge in [-0.05, 0) is 6.92 Å². The second-order valence-electron chi connectivity index (χ2n) is 2.37. The van der Waals surface area contributed by atoms with Gasteiger partial charge in [0.05, 0.1) is 0 Å². The number of hydrogen-bond acceptors (Lipinski definition) is 5. The maximum absolute atomic E-state index is 11.0. The number of halogens is 1. The highest BCUT2D eigenvalue weighted by molar-refractivity contribution is 9.10. The van der Waals surface area contributed by atoms with Crippen LogP contribution < -0.4 is 0 Å². The molecule has 1 unspecified atom stereocenters. The van der Waals surface area contributed by atoms with Crippen LogP contribution in [0.3, 0.4) is 0 Å². The number of sulfone groups is 1. The van der Waals surface area contributed by atoms with Crippen molar-refractivity contribution < 1.29 is 12.8 Å². The van der Waals surface area contributed by atoms with Crippen LogP contribution in [0.2, 0.25) is 0 Å². The van der Waals surface area contributed by atoms with Crippen molar-refractivity contribution in [3.8, 4) is 0 Å². The van der Waals surface area contributed by atoms with Gasteiger partial charge in [0.2, 0.25) is 5.89 Å². The van der Waals surface area contributed by atoms with Crippen molar-refractivity contribution in [2.75, 3.05) is 6.26 Å². The van der Waals surface area contributed by atoms with Gasteiger partial charge < -0.3 is 4.42 Å². The SMILES string of the molecule is CC(c1nnc(Br)o1)S(C)(=O)=O. The molecule has 0 spiro atoms. The van der Waals surface area contributed by atoms with Gasteiger partial charge in [-0.15, -0.1) is 10.2 Å². The van der Waals surface area contributed by atoms with Crippen molar-refractivity contribution in [2.24, 2.45) is 0 Å². The molecule has 0 saturated heterocycles. The molecule has 0 saturated carbocycles. The first-order valence-electron chi connectivity index (χ1n) is 3.09. The molecule has 5 nitrogen and oxygen atoms in total. The molecule has 12 heavy (non-hydrogen) atoms. The van der Waals surface area contributed by atoms with E-state index in [1.165, 1.54) is 6.92 Å². The summed E-state index contributed by atoms with van der Waals surface area (Å²) in [6.07, 6.45) is 1.12. The van der Waals surface area contributed by atoms with Gasteiger partial charge in [0.25, 0.3) is 4.80 Å². The molecule has 0 N–H and O–H groups in total. The fraction of sp³-hybridized carbons (Fsp3) is 0.600. The minimum atomic E-state index is -3.16. The molecule has 0 aliphatic rings. The van der Waals surface area contributed by atoms with Crippen molar-refractivity contribution in [3.63, 3.8) is 0 Å². The van der Waals surface area contributed by atoms with E-state index in [0.717, 1.165) is 6.26 Å². The average Bonchev–Trinajstić information content (AvgIpc) is 2.32. The molecule has 0 aliphatic carbocycles. The molecule has 1 aromatic heterocycles. The van der Waals surface area contributed by atoms with E-state index in [9.17, 15) is 8.42 Å². The lowest BCUT2D eigenvalue weighted by Gasteiger charge is -2.01. The average molecular weight is 255 g/mol. The third kappa shape index (κ3) is 2.04. The second-order valence-corrected chi connectivity index (χ2v) is 5.41. The topological polar surface area (TPSA) is 73.1 Å². The molecular formula is C5H7BrN2O3S. The zero-order chi connectivity index (χ0) is 9.35. The van der Waals surface area contributed by atoms with E-state index in [1.54, 1.807) is 0 Å². The Labute approximate surface area is 78.2 Å². The van der Waals surface area contributed by atoms with Crippen LogP contribution in [-0.2, 0) is 9.84 Å². The molecule has 0 radical (unpaired) electrons.